The highest BCUT2D eigenvalue weighted by Crippen LogP contribution is 2.47. The minimum Gasteiger partial charge on any atom is -0.467 e. The van der Waals surface area contributed by atoms with Crippen molar-refractivity contribution in [3.05, 3.63) is 75.9 Å². The Hall–Kier alpha value is -2.37. The molecule has 1 saturated heterocycles. The molecule has 9 heteroatoms. The molecular formula is C25H25FO7S. The first-order valence-electron chi connectivity index (χ1n) is 10.9. The van der Waals surface area contributed by atoms with Crippen molar-refractivity contribution in [3.63, 3.8) is 0 Å². The first kappa shape index (κ1) is 23.4. The van der Waals surface area contributed by atoms with Crippen molar-refractivity contribution < 1.29 is 39.0 Å². The Balaban J connectivity index is 1.49. The van der Waals surface area contributed by atoms with Crippen LogP contribution in [-0.4, -0.2) is 58.2 Å². The van der Waals surface area contributed by atoms with E-state index in [2.05, 4.69) is 0 Å². The Bertz CT molecular complexity index is 1180. The van der Waals surface area contributed by atoms with E-state index >= 15 is 0 Å². The number of benzene rings is 2. The van der Waals surface area contributed by atoms with Crippen LogP contribution < -0.4 is 4.74 Å². The number of thiophene rings is 1. The predicted molar refractivity (Wildman–Crippen MR) is 122 cm³/mol. The molecule has 180 valence electrons. The van der Waals surface area contributed by atoms with Crippen molar-refractivity contribution in [1.29, 1.82) is 0 Å². The Kier molecular flexibility index (Phi) is 6.19. The summed E-state index contributed by atoms with van der Waals surface area (Å²) in [6.07, 6.45) is -5.23. The van der Waals surface area contributed by atoms with Crippen molar-refractivity contribution in [2.24, 2.45) is 0 Å². The fourth-order valence-electron chi connectivity index (χ4n) is 4.48. The van der Waals surface area contributed by atoms with Crippen LogP contribution in [0.3, 0.4) is 0 Å². The molecule has 1 fully saturated rings. The molecule has 7 nitrogen and oxygen atoms in total. The van der Waals surface area contributed by atoms with Crippen LogP contribution in [0.2, 0.25) is 0 Å². The molecule has 3 aromatic rings. The van der Waals surface area contributed by atoms with Crippen LogP contribution >= 0.6 is 11.3 Å². The summed E-state index contributed by atoms with van der Waals surface area (Å²) in [5, 5.41) is 41.1. The van der Waals surface area contributed by atoms with Crippen molar-refractivity contribution in [2.75, 3.05) is 13.4 Å². The molecule has 1 aromatic heterocycles. The number of aliphatic hydroxyl groups excluding tert-OH is 4. The van der Waals surface area contributed by atoms with Gasteiger partial charge in [-0.3, -0.25) is 0 Å². The molecule has 4 N–H and O–H groups in total. The maximum Gasteiger partial charge on any atom is 0.231 e. The molecule has 0 saturated carbocycles. The summed E-state index contributed by atoms with van der Waals surface area (Å²) in [5.74, 6) is -1.64. The fourth-order valence-corrected chi connectivity index (χ4v) is 5.52. The molecule has 5 atom stereocenters. The Labute approximate surface area is 199 Å². The van der Waals surface area contributed by atoms with Gasteiger partial charge in [0.1, 0.15) is 36.0 Å². The van der Waals surface area contributed by atoms with E-state index in [4.69, 9.17) is 14.2 Å². The average molecular weight is 489 g/mol. The normalized spacial score (nSPS) is 28.5. The molecule has 0 radical (unpaired) electrons. The van der Waals surface area contributed by atoms with Crippen molar-refractivity contribution >= 4 is 11.3 Å². The van der Waals surface area contributed by atoms with Gasteiger partial charge in [-0.05, 0) is 60.0 Å². The number of fused-ring (bicyclic) bond motifs is 2. The van der Waals surface area contributed by atoms with Gasteiger partial charge in [0.2, 0.25) is 5.79 Å². The van der Waals surface area contributed by atoms with Crippen LogP contribution in [0.1, 0.15) is 21.6 Å². The van der Waals surface area contributed by atoms with Crippen LogP contribution in [0.4, 0.5) is 4.39 Å². The predicted octanol–water partition coefficient (Wildman–Crippen LogP) is 2.45. The van der Waals surface area contributed by atoms with E-state index in [0.717, 1.165) is 26.4 Å². The van der Waals surface area contributed by atoms with Gasteiger partial charge < -0.3 is 34.6 Å². The zero-order valence-electron chi connectivity index (χ0n) is 18.3. The van der Waals surface area contributed by atoms with Crippen molar-refractivity contribution in [2.45, 2.75) is 43.5 Å². The monoisotopic (exact) mass is 488 g/mol. The summed E-state index contributed by atoms with van der Waals surface area (Å²) in [6, 6.07) is 14.0. The molecule has 0 unspecified atom stereocenters. The Morgan fingerprint density at radius 3 is 2.56 bits per heavy atom. The lowest BCUT2D eigenvalue weighted by Gasteiger charge is -2.49. The molecule has 0 aliphatic carbocycles. The summed E-state index contributed by atoms with van der Waals surface area (Å²) >= 11 is 1.59. The van der Waals surface area contributed by atoms with Gasteiger partial charge in [0.15, 0.2) is 6.79 Å². The minimum atomic E-state index is -1.79. The molecule has 5 rings (SSSR count). The maximum absolute atomic E-state index is 13.3. The number of ether oxygens (including phenoxy) is 3. The van der Waals surface area contributed by atoms with Crippen LogP contribution in [0, 0.1) is 12.7 Å². The van der Waals surface area contributed by atoms with Gasteiger partial charge in [-0.15, -0.1) is 11.3 Å². The van der Waals surface area contributed by atoms with E-state index in [-0.39, 0.29) is 12.6 Å². The fraction of sp³-hybridized carbons (Fsp3) is 0.360. The third-order valence-corrected chi connectivity index (χ3v) is 7.54. The number of halogens is 1. The number of hydrogen-bond donors (Lipinski definition) is 4. The number of rotatable bonds is 4. The average Bonchev–Trinajstić information content (AvgIpc) is 3.30. The zero-order chi connectivity index (χ0) is 24.0. The summed E-state index contributed by atoms with van der Waals surface area (Å²) < 4.78 is 30.5. The second kappa shape index (κ2) is 9.01. The van der Waals surface area contributed by atoms with E-state index in [0.29, 0.717) is 17.7 Å². The van der Waals surface area contributed by atoms with Crippen LogP contribution in [-0.2, 0) is 21.7 Å². The molecule has 0 bridgehead atoms. The molecule has 0 amide bonds. The first-order valence-corrected chi connectivity index (χ1v) is 11.7. The molecule has 2 aromatic carbocycles. The third kappa shape index (κ3) is 3.93. The molecular weight excluding hydrogens is 463 g/mol. The second-order valence-corrected chi connectivity index (χ2v) is 9.73. The summed E-state index contributed by atoms with van der Waals surface area (Å²) in [6.45, 7) is 1.16. The number of aliphatic hydroxyl groups is 4. The summed E-state index contributed by atoms with van der Waals surface area (Å²) in [5.41, 5.74) is 3.20. The smallest absolute Gasteiger partial charge is 0.231 e. The van der Waals surface area contributed by atoms with Gasteiger partial charge in [-0.25, -0.2) is 4.39 Å². The highest BCUT2D eigenvalue weighted by atomic mass is 32.1. The van der Waals surface area contributed by atoms with Crippen molar-refractivity contribution in [3.8, 4) is 16.2 Å². The van der Waals surface area contributed by atoms with Gasteiger partial charge >= 0.3 is 0 Å². The Morgan fingerprint density at radius 2 is 1.82 bits per heavy atom. The summed E-state index contributed by atoms with van der Waals surface area (Å²) in [4.78, 5) is 2.09. The van der Waals surface area contributed by atoms with Gasteiger partial charge in [-0.1, -0.05) is 12.1 Å². The van der Waals surface area contributed by atoms with E-state index < -0.39 is 36.8 Å². The molecule has 2 aliphatic heterocycles. The van der Waals surface area contributed by atoms with Gasteiger partial charge in [0.25, 0.3) is 0 Å². The first-order chi connectivity index (χ1) is 16.3. The number of aryl methyl sites for hydroxylation is 1. The third-order valence-electron chi connectivity index (χ3n) is 6.41. The van der Waals surface area contributed by atoms with E-state index in [1.807, 2.05) is 31.2 Å². The topological polar surface area (TPSA) is 109 Å². The molecule has 3 heterocycles. The van der Waals surface area contributed by atoms with Crippen LogP contribution in [0.5, 0.6) is 5.75 Å². The lowest BCUT2D eigenvalue weighted by molar-refractivity contribution is -0.389. The lowest BCUT2D eigenvalue weighted by Crippen LogP contribution is -2.65. The maximum atomic E-state index is 13.3. The molecule has 34 heavy (non-hydrogen) atoms. The van der Waals surface area contributed by atoms with E-state index in [1.165, 1.54) is 12.1 Å². The Morgan fingerprint density at radius 1 is 1.06 bits per heavy atom. The second-order valence-electron chi connectivity index (χ2n) is 8.56. The van der Waals surface area contributed by atoms with Gasteiger partial charge in [0, 0.05) is 16.2 Å². The van der Waals surface area contributed by atoms with E-state index in [1.54, 1.807) is 23.5 Å². The molecule has 2 aliphatic rings. The highest BCUT2D eigenvalue weighted by Gasteiger charge is 2.58. The van der Waals surface area contributed by atoms with Crippen LogP contribution in [0.25, 0.3) is 10.4 Å². The minimum absolute atomic E-state index is 0.226. The van der Waals surface area contributed by atoms with Crippen molar-refractivity contribution in [1.82, 2.24) is 0 Å². The summed E-state index contributed by atoms with van der Waals surface area (Å²) in [7, 11) is 0. The molecule has 1 spiro atoms. The van der Waals surface area contributed by atoms with E-state index in [9.17, 15) is 24.8 Å². The largest absolute Gasteiger partial charge is 0.467 e. The lowest BCUT2D eigenvalue weighted by atomic mass is 9.85. The number of hydrogen-bond acceptors (Lipinski definition) is 8. The van der Waals surface area contributed by atoms with Gasteiger partial charge in [0.05, 0.1) is 12.2 Å². The zero-order valence-corrected chi connectivity index (χ0v) is 19.2. The SMILES string of the molecule is Cc1cc2c(cc1Cc1ccc(-c3ccc(F)cc3)s1)[C@]1(OCO2)O[C@H](CO)[C@@H](O)[C@H](O)[C@H]1O. The van der Waals surface area contributed by atoms with Gasteiger partial charge in [-0.2, -0.15) is 0 Å². The van der Waals surface area contributed by atoms with Crippen LogP contribution in [0.15, 0.2) is 48.5 Å². The quantitative estimate of drug-likeness (QED) is 0.447. The standard InChI is InChI=1S/C25H25FO7S/c1-13-8-19-18(25(32-12-31-19)24(30)23(29)22(28)20(11-27)33-25)10-15(13)9-17-6-7-21(34-17)14-2-4-16(26)5-3-14/h2-8,10,20,22-24,27-30H,9,11-12H2,1H3/t20-,22-,23+,24-,25+/m1/s1. The highest BCUT2D eigenvalue weighted by molar-refractivity contribution is 7.15.